The lowest BCUT2D eigenvalue weighted by atomic mass is 10.5. The van der Waals surface area contributed by atoms with Crippen molar-refractivity contribution in [2.24, 2.45) is 0 Å². The molecule has 1 fully saturated rings. The van der Waals surface area contributed by atoms with Gasteiger partial charge in [0.25, 0.3) is 0 Å². The Morgan fingerprint density at radius 1 is 1.57 bits per heavy atom. The minimum Gasteiger partial charge on any atom is -0.428 e. The number of halogens is 3. The van der Waals surface area contributed by atoms with E-state index in [0.29, 0.717) is 0 Å². The van der Waals surface area contributed by atoms with Gasteiger partial charge in [-0.2, -0.15) is 13.2 Å². The summed E-state index contributed by atoms with van der Waals surface area (Å²) in [5, 5.41) is 0. The normalized spacial score (nSPS) is 22.5. The molecular formula is C7H7F3O4. The van der Waals surface area contributed by atoms with Crippen LogP contribution in [0.4, 0.5) is 18.0 Å². The van der Waals surface area contributed by atoms with E-state index in [9.17, 15) is 18.0 Å². The molecule has 14 heavy (non-hydrogen) atoms. The van der Waals surface area contributed by atoms with Crippen molar-refractivity contribution in [1.82, 2.24) is 0 Å². The first kappa shape index (κ1) is 10.8. The molecule has 0 amide bonds. The van der Waals surface area contributed by atoms with Gasteiger partial charge in [0.2, 0.25) is 6.29 Å². The van der Waals surface area contributed by atoms with Crippen LogP contribution < -0.4 is 0 Å². The van der Waals surface area contributed by atoms with Gasteiger partial charge in [-0.15, -0.1) is 0 Å². The maximum atomic E-state index is 11.6. The van der Waals surface area contributed by atoms with Crippen LogP contribution in [0.1, 0.15) is 0 Å². The summed E-state index contributed by atoms with van der Waals surface area (Å²) in [6.45, 7) is -0.389. The largest absolute Gasteiger partial charge is 0.510 e. The van der Waals surface area contributed by atoms with Crippen molar-refractivity contribution in [3.63, 3.8) is 0 Å². The first-order valence-corrected chi connectivity index (χ1v) is 3.67. The molecule has 0 N–H and O–H groups in total. The highest BCUT2D eigenvalue weighted by Crippen LogP contribution is 2.15. The number of ether oxygens (including phenoxy) is 3. The predicted octanol–water partition coefficient (Wildman–Crippen LogP) is 1.61. The fraction of sp³-hybridized carbons (Fsp3) is 0.571. The molecule has 1 aliphatic heterocycles. The number of hydrogen-bond acceptors (Lipinski definition) is 4. The Morgan fingerprint density at radius 3 is 2.79 bits per heavy atom. The first-order valence-electron chi connectivity index (χ1n) is 3.67. The summed E-state index contributed by atoms with van der Waals surface area (Å²) in [6, 6.07) is 0. The van der Waals surface area contributed by atoms with Crippen molar-refractivity contribution in [3.05, 3.63) is 12.2 Å². The quantitative estimate of drug-likeness (QED) is 0.526. The molecule has 0 aromatic rings. The molecule has 0 aromatic carbocycles. The Hall–Kier alpha value is -1.24. The van der Waals surface area contributed by atoms with Crippen LogP contribution in [0, 0.1) is 0 Å². The van der Waals surface area contributed by atoms with Crippen molar-refractivity contribution < 1.29 is 32.2 Å². The van der Waals surface area contributed by atoms with Gasteiger partial charge in [0.1, 0.15) is 0 Å². The molecule has 1 saturated heterocycles. The highest BCUT2D eigenvalue weighted by Gasteiger charge is 2.25. The van der Waals surface area contributed by atoms with E-state index in [1.807, 2.05) is 0 Å². The minimum absolute atomic E-state index is 0.0463. The van der Waals surface area contributed by atoms with Gasteiger partial charge in [-0.3, -0.25) is 0 Å². The van der Waals surface area contributed by atoms with Gasteiger partial charge < -0.3 is 14.2 Å². The monoisotopic (exact) mass is 212 g/mol. The van der Waals surface area contributed by atoms with Gasteiger partial charge in [0.15, 0.2) is 6.61 Å². The smallest absolute Gasteiger partial charge is 0.428 e. The summed E-state index contributed by atoms with van der Waals surface area (Å²) in [6.07, 6.45) is -5.32. The Morgan fingerprint density at radius 2 is 2.29 bits per heavy atom. The third-order valence-electron chi connectivity index (χ3n) is 1.25. The zero-order valence-corrected chi connectivity index (χ0v) is 6.91. The molecule has 1 unspecified atom stereocenters. The van der Waals surface area contributed by atoms with E-state index < -0.39 is 18.6 Å². The number of rotatable bonds is 3. The molecule has 0 spiro atoms. The molecule has 0 saturated carbocycles. The summed E-state index contributed by atoms with van der Waals surface area (Å²) in [7, 11) is 0. The molecule has 0 bridgehead atoms. The second-order valence-electron chi connectivity index (χ2n) is 2.39. The van der Waals surface area contributed by atoms with E-state index in [1.165, 1.54) is 0 Å². The molecular weight excluding hydrogens is 205 g/mol. The van der Waals surface area contributed by atoms with E-state index in [1.54, 1.807) is 0 Å². The minimum atomic E-state index is -4.35. The van der Waals surface area contributed by atoms with E-state index in [2.05, 4.69) is 9.47 Å². The van der Waals surface area contributed by atoms with E-state index in [-0.39, 0.29) is 19.3 Å². The number of cyclic esters (lactones) is 2. The van der Waals surface area contributed by atoms with Crippen LogP contribution in [0.15, 0.2) is 12.2 Å². The third kappa shape index (κ3) is 4.13. The highest BCUT2D eigenvalue weighted by molar-refractivity contribution is 5.61. The molecule has 4 nitrogen and oxygen atoms in total. The van der Waals surface area contributed by atoms with Gasteiger partial charge in [-0.1, -0.05) is 6.08 Å². The van der Waals surface area contributed by atoms with E-state index in [0.717, 1.165) is 6.08 Å². The lowest BCUT2D eigenvalue weighted by Gasteiger charge is -2.05. The fourth-order valence-corrected chi connectivity index (χ4v) is 0.738. The fourth-order valence-electron chi connectivity index (χ4n) is 0.738. The SMILES string of the molecule is O=C1OCC(OCC=CC(F)(F)F)O1. The van der Waals surface area contributed by atoms with Crippen LogP contribution in [0.2, 0.25) is 0 Å². The molecule has 80 valence electrons. The summed E-state index contributed by atoms with van der Waals surface area (Å²) >= 11 is 0. The van der Waals surface area contributed by atoms with E-state index >= 15 is 0 Å². The Bertz CT molecular complexity index is 236. The van der Waals surface area contributed by atoms with Crippen molar-refractivity contribution in [2.75, 3.05) is 13.2 Å². The molecule has 1 aliphatic rings. The lowest BCUT2D eigenvalue weighted by Crippen LogP contribution is -2.15. The van der Waals surface area contributed by atoms with Gasteiger partial charge in [0, 0.05) is 6.08 Å². The maximum absolute atomic E-state index is 11.6. The first-order chi connectivity index (χ1) is 6.47. The van der Waals surface area contributed by atoms with Crippen molar-refractivity contribution >= 4 is 6.16 Å². The van der Waals surface area contributed by atoms with Crippen LogP contribution >= 0.6 is 0 Å². The number of carbonyl (C=O) groups is 1. The zero-order chi connectivity index (χ0) is 10.6. The van der Waals surface area contributed by atoms with Crippen LogP contribution in [0.3, 0.4) is 0 Å². The van der Waals surface area contributed by atoms with Crippen LogP contribution in [0.5, 0.6) is 0 Å². The third-order valence-corrected chi connectivity index (χ3v) is 1.25. The molecule has 0 radical (unpaired) electrons. The summed E-state index contributed by atoms with van der Waals surface area (Å²) in [5.41, 5.74) is 0. The zero-order valence-electron chi connectivity index (χ0n) is 6.91. The van der Waals surface area contributed by atoms with Crippen LogP contribution in [-0.4, -0.2) is 31.8 Å². The second-order valence-corrected chi connectivity index (χ2v) is 2.39. The maximum Gasteiger partial charge on any atom is 0.510 e. The molecule has 7 heteroatoms. The molecule has 1 atom stereocenters. The van der Waals surface area contributed by atoms with Gasteiger partial charge >= 0.3 is 12.3 Å². The van der Waals surface area contributed by atoms with Crippen LogP contribution in [0.25, 0.3) is 0 Å². The second kappa shape index (κ2) is 4.32. The Kier molecular flexibility index (Phi) is 3.34. The summed E-state index contributed by atoms with van der Waals surface area (Å²) in [4.78, 5) is 10.3. The standard InChI is InChI=1S/C7H7F3O4/c8-7(9,10)2-1-3-12-5-4-13-6(11)14-5/h1-2,5H,3-4H2. The average Bonchev–Trinajstić information content (AvgIpc) is 2.44. The highest BCUT2D eigenvalue weighted by atomic mass is 19.4. The summed E-state index contributed by atoms with van der Waals surface area (Å²) in [5.74, 6) is 0. The molecule has 0 aliphatic carbocycles. The molecule has 0 aromatic heterocycles. The average molecular weight is 212 g/mol. The number of allylic oxidation sites excluding steroid dienone is 1. The molecule has 1 rings (SSSR count). The number of hydrogen-bond donors (Lipinski definition) is 0. The van der Waals surface area contributed by atoms with Crippen LogP contribution in [-0.2, 0) is 14.2 Å². The Labute approximate surface area is 77.2 Å². The van der Waals surface area contributed by atoms with Gasteiger partial charge in [-0.25, -0.2) is 4.79 Å². The van der Waals surface area contributed by atoms with E-state index in [4.69, 9.17) is 4.74 Å². The Balaban J connectivity index is 2.16. The topological polar surface area (TPSA) is 44.8 Å². The van der Waals surface area contributed by atoms with Gasteiger partial charge in [-0.05, 0) is 0 Å². The predicted molar refractivity (Wildman–Crippen MR) is 37.4 cm³/mol. The molecule has 1 heterocycles. The summed E-state index contributed by atoms with van der Waals surface area (Å²) < 4.78 is 48.1. The van der Waals surface area contributed by atoms with Crippen molar-refractivity contribution in [2.45, 2.75) is 12.5 Å². The van der Waals surface area contributed by atoms with Crippen molar-refractivity contribution in [3.8, 4) is 0 Å². The van der Waals surface area contributed by atoms with Crippen molar-refractivity contribution in [1.29, 1.82) is 0 Å². The number of alkyl halides is 3. The van der Waals surface area contributed by atoms with Gasteiger partial charge in [0.05, 0.1) is 6.61 Å². The number of carbonyl (C=O) groups excluding carboxylic acids is 1. The lowest BCUT2D eigenvalue weighted by molar-refractivity contribution is -0.0838.